The molecule has 0 atom stereocenters. The molecule has 0 saturated heterocycles. The number of aliphatic imine (C=N–C) groups is 1. The van der Waals surface area contributed by atoms with Gasteiger partial charge >= 0.3 is 5.97 Å². The van der Waals surface area contributed by atoms with E-state index in [1.54, 1.807) is 0 Å². The molecule has 0 heterocycles. The lowest BCUT2D eigenvalue weighted by atomic mass is 10.6. The van der Waals surface area contributed by atoms with Gasteiger partial charge in [-0.1, -0.05) is 5.16 Å². The quantitative estimate of drug-likeness (QED) is 0.311. The van der Waals surface area contributed by atoms with E-state index in [1.165, 1.54) is 14.0 Å². The molecule has 0 bridgehead atoms. The lowest BCUT2D eigenvalue weighted by molar-refractivity contribution is -0.126. The van der Waals surface area contributed by atoms with Crippen molar-refractivity contribution in [2.75, 3.05) is 7.11 Å². The molecule has 0 aliphatic carbocycles. The highest BCUT2D eigenvalue weighted by atomic mass is 32.4. The summed E-state index contributed by atoms with van der Waals surface area (Å²) < 4.78 is 4.43. The molecule has 0 aromatic carbocycles. The highest BCUT2D eigenvalue weighted by molar-refractivity contribution is 7.94. The Morgan fingerprint density at radius 2 is 2.23 bits per heavy atom. The predicted octanol–water partition coefficient (Wildman–Crippen LogP) is 0.190. The second-order valence-electron chi connectivity index (χ2n) is 1.80. The molecular formula is C5H8N3O3PS. The van der Waals surface area contributed by atoms with E-state index in [1.807, 2.05) is 0 Å². The zero-order chi connectivity index (χ0) is 10.3. The normalized spacial score (nSPS) is 12.8. The van der Waals surface area contributed by atoms with Gasteiger partial charge in [0.2, 0.25) is 7.58 Å². The summed E-state index contributed by atoms with van der Waals surface area (Å²) in [5.74, 6) is -0.864. The number of carbonyl (C=O) groups excluding carboxylic acids is 1. The second-order valence-corrected chi connectivity index (χ2v) is 2.58. The summed E-state index contributed by atoms with van der Waals surface area (Å²) in [5, 5.41) is 3.31. The maximum Gasteiger partial charge on any atom is 0.388 e. The van der Waals surface area contributed by atoms with Crippen LogP contribution in [-0.4, -0.2) is 24.8 Å². The van der Waals surface area contributed by atoms with Crippen LogP contribution < -0.4 is 5.73 Å². The number of rotatable bonds is 2. The Balaban J connectivity index is 4.62. The van der Waals surface area contributed by atoms with Crippen LogP contribution in [0.2, 0.25) is 0 Å². The van der Waals surface area contributed by atoms with E-state index in [2.05, 4.69) is 31.3 Å². The van der Waals surface area contributed by atoms with Gasteiger partial charge in [0.05, 0.1) is 5.84 Å². The maximum atomic E-state index is 11.0. The van der Waals surface area contributed by atoms with Gasteiger partial charge < -0.3 is 15.1 Å². The van der Waals surface area contributed by atoms with Crippen molar-refractivity contribution < 1.29 is 14.2 Å². The molecule has 0 aromatic rings. The minimum absolute atomic E-state index is 0.0488. The van der Waals surface area contributed by atoms with Crippen LogP contribution in [0.3, 0.4) is 0 Å². The molecule has 0 aliphatic heterocycles. The Kier molecular flexibility index (Phi) is 5.92. The Morgan fingerprint density at radius 1 is 1.62 bits per heavy atom. The minimum Gasteiger partial charge on any atom is -0.397 e. The Morgan fingerprint density at radius 3 is 2.62 bits per heavy atom. The van der Waals surface area contributed by atoms with Crippen molar-refractivity contribution in [1.82, 2.24) is 0 Å². The average Bonchev–Trinajstić information content (AvgIpc) is 2.03. The number of hydrogen-bond acceptors (Lipinski definition) is 5. The Hall–Kier alpha value is -1.07. The molecule has 72 valence electrons. The van der Waals surface area contributed by atoms with Gasteiger partial charge in [-0.25, -0.2) is 9.79 Å². The van der Waals surface area contributed by atoms with Crippen molar-refractivity contribution >= 4 is 37.0 Å². The monoisotopic (exact) mass is 221 g/mol. The van der Waals surface area contributed by atoms with E-state index < -0.39 is 5.97 Å². The number of oxime groups is 1. The molecule has 0 rings (SSSR count). The molecule has 0 aromatic heterocycles. The zero-order valence-corrected chi connectivity index (χ0v) is 8.76. The predicted molar refractivity (Wildman–Crippen MR) is 52.1 cm³/mol. The molecule has 0 saturated carbocycles. The van der Waals surface area contributed by atoms with Crippen molar-refractivity contribution in [3.05, 3.63) is 0 Å². The van der Waals surface area contributed by atoms with E-state index in [0.717, 1.165) is 0 Å². The number of carbonyl (C=O) groups is 1. The summed E-state index contributed by atoms with van der Waals surface area (Å²) >= 11 is 4.40. The number of nitrogens with two attached hydrogens (primary N) is 1. The second kappa shape index (κ2) is 6.45. The third-order valence-corrected chi connectivity index (χ3v) is 1.23. The summed E-state index contributed by atoms with van der Waals surface area (Å²) in [6, 6.07) is 0. The van der Waals surface area contributed by atoms with Gasteiger partial charge in [0.15, 0.2) is 0 Å². The highest BCUT2D eigenvalue weighted by Crippen LogP contribution is 1.98. The standard InChI is InChI=1S/C5H8N3O3PS/c1-3(6)7-4(8-10-2)5(9)11-12-13/h1-2H3,(H2,6,7,8). The molecular weight excluding hydrogens is 213 g/mol. The summed E-state index contributed by atoms with van der Waals surface area (Å²) in [4.78, 5) is 18.9. The fourth-order valence-electron chi connectivity index (χ4n) is 0.432. The third kappa shape index (κ3) is 5.21. The van der Waals surface area contributed by atoms with E-state index in [-0.39, 0.29) is 19.3 Å². The van der Waals surface area contributed by atoms with Crippen molar-refractivity contribution in [1.29, 1.82) is 0 Å². The first-order chi connectivity index (χ1) is 6.11. The summed E-state index contributed by atoms with van der Waals surface area (Å²) in [7, 11) is 1.33. The fraction of sp³-hybridized carbons (Fsp3) is 0.400. The van der Waals surface area contributed by atoms with E-state index >= 15 is 0 Å². The van der Waals surface area contributed by atoms with Crippen molar-refractivity contribution in [2.24, 2.45) is 15.9 Å². The molecule has 0 radical (unpaired) electrons. The average molecular weight is 221 g/mol. The summed E-state index contributed by atoms with van der Waals surface area (Å²) in [6.07, 6.45) is 0. The largest absolute Gasteiger partial charge is 0.397 e. The van der Waals surface area contributed by atoms with Gasteiger partial charge in [-0.3, -0.25) is 0 Å². The van der Waals surface area contributed by atoms with Crippen LogP contribution in [0.1, 0.15) is 6.92 Å². The Labute approximate surface area is 81.7 Å². The number of hydrogen-bond donors (Lipinski definition) is 1. The van der Waals surface area contributed by atoms with Crippen molar-refractivity contribution in [2.45, 2.75) is 6.92 Å². The lowest BCUT2D eigenvalue weighted by Gasteiger charge is -1.96. The summed E-state index contributed by atoms with van der Waals surface area (Å²) in [6.45, 7) is 1.50. The third-order valence-electron chi connectivity index (χ3n) is 0.763. The van der Waals surface area contributed by atoms with Gasteiger partial charge in [-0.2, -0.15) is 0 Å². The molecule has 0 fully saturated rings. The van der Waals surface area contributed by atoms with Gasteiger partial charge in [-0.05, 0) is 18.7 Å². The minimum atomic E-state index is -0.775. The molecule has 0 spiro atoms. The Bertz CT molecular complexity index is 262. The van der Waals surface area contributed by atoms with Crippen LogP contribution in [0.4, 0.5) is 0 Å². The van der Waals surface area contributed by atoms with Crippen molar-refractivity contribution in [3.63, 3.8) is 0 Å². The van der Waals surface area contributed by atoms with Crippen LogP contribution >= 0.6 is 7.58 Å². The SMILES string of the molecule is CO/N=C(/N=C(C)N)C(=O)OP=S. The van der Waals surface area contributed by atoms with Crippen LogP contribution in [0.25, 0.3) is 0 Å². The van der Waals surface area contributed by atoms with Gasteiger partial charge in [0.25, 0.3) is 5.84 Å². The molecule has 8 heteroatoms. The van der Waals surface area contributed by atoms with Gasteiger partial charge in [0.1, 0.15) is 7.11 Å². The smallest absolute Gasteiger partial charge is 0.388 e. The van der Waals surface area contributed by atoms with Gasteiger partial charge in [0, 0.05) is 0 Å². The maximum absolute atomic E-state index is 11.0. The molecule has 6 nitrogen and oxygen atoms in total. The van der Waals surface area contributed by atoms with Crippen molar-refractivity contribution in [3.8, 4) is 0 Å². The van der Waals surface area contributed by atoms with Crippen LogP contribution in [-0.2, 0) is 26.0 Å². The van der Waals surface area contributed by atoms with Crippen LogP contribution in [0.15, 0.2) is 10.1 Å². The van der Waals surface area contributed by atoms with E-state index in [0.29, 0.717) is 0 Å². The van der Waals surface area contributed by atoms with Gasteiger partial charge in [-0.15, -0.1) is 0 Å². The van der Waals surface area contributed by atoms with E-state index in [4.69, 9.17) is 5.73 Å². The molecule has 0 unspecified atom stereocenters. The lowest BCUT2D eigenvalue weighted by Crippen LogP contribution is -2.17. The van der Waals surface area contributed by atoms with E-state index in [9.17, 15) is 4.79 Å². The topological polar surface area (TPSA) is 86.3 Å². The first-order valence-corrected chi connectivity index (χ1v) is 4.90. The number of nitrogens with zero attached hydrogens (tertiary/aromatic N) is 2. The molecule has 2 N–H and O–H groups in total. The fourth-order valence-corrected chi connectivity index (χ4v) is 0.784. The first-order valence-electron chi connectivity index (χ1n) is 3.07. The number of amidine groups is 2. The molecule has 0 amide bonds. The molecule has 13 heavy (non-hydrogen) atoms. The van der Waals surface area contributed by atoms with Crippen LogP contribution in [0.5, 0.6) is 0 Å². The first kappa shape index (κ1) is 11.9. The highest BCUT2D eigenvalue weighted by Gasteiger charge is 2.12. The van der Waals surface area contributed by atoms with Crippen LogP contribution in [0, 0.1) is 0 Å². The molecule has 0 aliphatic rings. The zero-order valence-electron chi connectivity index (χ0n) is 7.05. The summed E-state index contributed by atoms with van der Waals surface area (Å²) in [5.41, 5.74) is 5.24.